The Kier molecular flexibility index (Phi) is 4.12. The topological polar surface area (TPSA) is 39.1 Å². The van der Waals surface area contributed by atoms with Gasteiger partial charge in [-0.15, -0.1) is 0 Å². The van der Waals surface area contributed by atoms with Crippen LogP contribution in [0.25, 0.3) is 0 Å². The molecule has 0 saturated carbocycles. The lowest BCUT2D eigenvalue weighted by atomic mass is 10.1. The Bertz CT molecular complexity index is 481. The van der Waals surface area contributed by atoms with Crippen molar-refractivity contribution in [3.05, 3.63) is 53.9 Å². The number of aromatic nitrogens is 2. The van der Waals surface area contributed by atoms with Gasteiger partial charge in [0.1, 0.15) is 12.3 Å². The van der Waals surface area contributed by atoms with E-state index in [1.807, 2.05) is 50.0 Å². The van der Waals surface area contributed by atoms with Crippen LogP contribution in [-0.4, -0.2) is 23.1 Å². The van der Waals surface area contributed by atoms with Crippen molar-refractivity contribution in [1.29, 1.82) is 0 Å². The molecule has 1 aromatic heterocycles. The minimum atomic E-state index is -0.110. The number of benzene rings is 1. The number of aryl methyl sites for hydroxylation is 1. The van der Waals surface area contributed by atoms with Crippen LogP contribution >= 0.6 is 0 Å². The lowest BCUT2D eigenvalue weighted by Crippen LogP contribution is -2.27. The van der Waals surface area contributed by atoms with Crippen LogP contribution in [0.5, 0.6) is 0 Å². The summed E-state index contributed by atoms with van der Waals surface area (Å²) < 4.78 is 7.89. The van der Waals surface area contributed by atoms with E-state index in [4.69, 9.17) is 4.74 Å². The molecule has 0 aliphatic carbocycles. The van der Waals surface area contributed by atoms with Gasteiger partial charge in [-0.05, 0) is 25.6 Å². The molecule has 96 valence electrons. The highest BCUT2D eigenvalue weighted by Gasteiger charge is 2.19. The average molecular weight is 245 g/mol. The summed E-state index contributed by atoms with van der Waals surface area (Å²) >= 11 is 0. The van der Waals surface area contributed by atoms with Crippen LogP contribution in [0.1, 0.15) is 24.3 Å². The second-order valence-corrected chi connectivity index (χ2v) is 4.24. The lowest BCUT2D eigenvalue weighted by molar-refractivity contribution is 0.000292. The Morgan fingerprint density at radius 2 is 1.94 bits per heavy atom. The van der Waals surface area contributed by atoms with Gasteiger partial charge >= 0.3 is 0 Å². The molecule has 0 fully saturated rings. The molecule has 4 nitrogen and oxygen atoms in total. The van der Waals surface area contributed by atoms with Crippen LogP contribution in [-0.2, 0) is 11.8 Å². The van der Waals surface area contributed by atoms with Gasteiger partial charge in [0.2, 0.25) is 0 Å². The fourth-order valence-electron chi connectivity index (χ4n) is 1.86. The zero-order chi connectivity index (χ0) is 13.0. The summed E-state index contributed by atoms with van der Waals surface area (Å²) in [4.78, 5) is 0. The van der Waals surface area contributed by atoms with Crippen molar-refractivity contribution in [1.82, 2.24) is 15.1 Å². The minimum Gasteiger partial charge on any atom is -0.349 e. The molecule has 1 heterocycles. The molecule has 0 spiro atoms. The van der Waals surface area contributed by atoms with E-state index in [2.05, 4.69) is 22.5 Å². The maximum atomic E-state index is 6.04. The average Bonchev–Trinajstić information content (AvgIpc) is 2.83. The first kappa shape index (κ1) is 12.8. The van der Waals surface area contributed by atoms with E-state index in [9.17, 15) is 0 Å². The predicted octanol–water partition coefficient (Wildman–Crippen LogP) is 2.09. The van der Waals surface area contributed by atoms with Crippen LogP contribution in [0.15, 0.2) is 42.6 Å². The summed E-state index contributed by atoms with van der Waals surface area (Å²) in [5, 5.41) is 7.31. The SMILES string of the molecule is CN[C@H](C)OC(c1ccccc1)c1ccnn1C. The zero-order valence-corrected chi connectivity index (χ0v) is 11.0. The third-order valence-corrected chi connectivity index (χ3v) is 2.98. The number of hydrogen-bond acceptors (Lipinski definition) is 3. The maximum absolute atomic E-state index is 6.04. The molecule has 1 aromatic carbocycles. The van der Waals surface area contributed by atoms with Crippen molar-refractivity contribution >= 4 is 0 Å². The normalized spacial score (nSPS) is 14.4. The van der Waals surface area contributed by atoms with Crippen molar-refractivity contribution in [3.8, 4) is 0 Å². The summed E-state index contributed by atoms with van der Waals surface area (Å²) in [6.07, 6.45) is 1.66. The Hall–Kier alpha value is -1.65. The Labute approximate surface area is 108 Å². The van der Waals surface area contributed by atoms with Gasteiger partial charge in [-0.2, -0.15) is 5.10 Å². The number of rotatable bonds is 5. The molecule has 0 amide bonds. The molecule has 2 aromatic rings. The second-order valence-electron chi connectivity index (χ2n) is 4.24. The Balaban J connectivity index is 2.32. The number of nitrogens with one attached hydrogen (secondary N) is 1. The zero-order valence-electron chi connectivity index (χ0n) is 11.0. The van der Waals surface area contributed by atoms with Gasteiger partial charge in [-0.25, -0.2) is 0 Å². The molecule has 0 aliphatic rings. The molecule has 2 atom stereocenters. The largest absolute Gasteiger partial charge is 0.349 e. The third kappa shape index (κ3) is 2.78. The molecule has 2 rings (SSSR count). The highest BCUT2D eigenvalue weighted by Crippen LogP contribution is 2.26. The highest BCUT2D eigenvalue weighted by atomic mass is 16.5. The van der Waals surface area contributed by atoms with Crippen LogP contribution in [0, 0.1) is 0 Å². The molecule has 0 aliphatic heterocycles. The van der Waals surface area contributed by atoms with Gasteiger partial charge in [0.05, 0.1) is 5.69 Å². The molecular formula is C14H19N3O. The molecule has 1 N–H and O–H groups in total. The molecule has 0 bridgehead atoms. The highest BCUT2D eigenvalue weighted by molar-refractivity contribution is 5.25. The first-order chi connectivity index (χ1) is 8.72. The summed E-state index contributed by atoms with van der Waals surface area (Å²) in [6.45, 7) is 1.99. The Morgan fingerprint density at radius 1 is 1.22 bits per heavy atom. The summed E-state index contributed by atoms with van der Waals surface area (Å²) in [5.41, 5.74) is 2.17. The number of nitrogens with zero attached hydrogens (tertiary/aromatic N) is 2. The summed E-state index contributed by atoms with van der Waals surface area (Å²) in [5.74, 6) is 0. The van der Waals surface area contributed by atoms with Crippen molar-refractivity contribution in [2.75, 3.05) is 7.05 Å². The molecule has 18 heavy (non-hydrogen) atoms. The fourth-order valence-corrected chi connectivity index (χ4v) is 1.86. The summed E-state index contributed by atoms with van der Waals surface area (Å²) in [6, 6.07) is 12.2. The predicted molar refractivity (Wildman–Crippen MR) is 71.1 cm³/mol. The number of ether oxygens (including phenoxy) is 1. The van der Waals surface area contributed by atoms with E-state index in [0.29, 0.717) is 0 Å². The molecular weight excluding hydrogens is 226 g/mol. The monoisotopic (exact) mass is 245 g/mol. The van der Waals surface area contributed by atoms with Gasteiger partial charge in [-0.1, -0.05) is 30.3 Å². The van der Waals surface area contributed by atoms with Crippen LogP contribution < -0.4 is 5.32 Å². The lowest BCUT2D eigenvalue weighted by Gasteiger charge is -2.22. The van der Waals surface area contributed by atoms with Crippen molar-refractivity contribution in [2.45, 2.75) is 19.3 Å². The van der Waals surface area contributed by atoms with Crippen molar-refractivity contribution < 1.29 is 4.74 Å². The van der Waals surface area contributed by atoms with E-state index in [-0.39, 0.29) is 12.3 Å². The van der Waals surface area contributed by atoms with E-state index in [0.717, 1.165) is 11.3 Å². The smallest absolute Gasteiger partial charge is 0.126 e. The van der Waals surface area contributed by atoms with Crippen molar-refractivity contribution in [3.63, 3.8) is 0 Å². The van der Waals surface area contributed by atoms with E-state index >= 15 is 0 Å². The van der Waals surface area contributed by atoms with Gasteiger partial charge in [0.25, 0.3) is 0 Å². The second kappa shape index (κ2) is 5.80. The van der Waals surface area contributed by atoms with Crippen LogP contribution in [0.3, 0.4) is 0 Å². The maximum Gasteiger partial charge on any atom is 0.126 e. The fraction of sp³-hybridized carbons (Fsp3) is 0.357. The van der Waals surface area contributed by atoms with Crippen molar-refractivity contribution in [2.24, 2.45) is 7.05 Å². The first-order valence-electron chi connectivity index (χ1n) is 6.08. The summed E-state index contributed by atoms with van der Waals surface area (Å²) in [7, 11) is 3.81. The molecule has 0 saturated heterocycles. The number of hydrogen-bond donors (Lipinski definition) is 1. The standard InChI is InChI=1S/C14H19N3O/c1-11(15-2)18-14(12-7-5-4-6-8-12)13-9-10-16-17(13)3/h4-11,14-15H,1-3H3/t11-,14?/m0/s1. The van der Waals surface area contributed by atoms with Gasteiger partial charge < -0.3 is 4.74 Å². The van der Waals surface area contributed by atoms with E-state index in [1.54, 1.807) is 6.20 Å². The van der Waals surface area contributed by atoms with E-state index < -0.39 is 0 Å². The van der Waals surface area contributed by atoms with E-state index in [1.165, 1.54) is 0 Å². The first-order valence-corrected chi connectivity index (χ1v) is 6.08. The minimum absolute atomic E-state index is 0.0230. The quantitative estimate of drug-likeness (QED) is 0.820. The molecule has 0 radical (unpaired) electrons. The van der Waals surface area contributed by atoms with Crippen LogP contribution in [0.2, 0.25) is 0 Å². The van der Waals surface area contributed by atoms with Gasteiger partial charge in [-0.3, -0.25) is 10.00 Å². The van der Waals surface area contributed by atoms with Crippen LogP contribution in [0.4, 0.5) is 0 Å². The molecule has 1 unspecified atom stereocenters. The molecule has 4 heteroatoms. The Morgan fingerprint density at radius 3 is 2.50 bits per heavy atom. The third-order valence-electron chi connectivity index (χ3n) is 2.98. The van der Waals surface area contributed by atoms with Gasteiger partial charge in [0.15, 0.2) is 0 Å². The van der Waals surface area contributed by atoms with Gasteiger partial charge in [0, 0.05) is 13.2 Å².